The van der Waals surface area contributed by atoms with Crippen molar-refractivity contribution >= 4 is 39.4 Å². The molecule has 3 aromatic carbocycles. The topological polar surface area (TPSA) is 49.9 Å². The van der Waals surface area contributed by atoms with Crippen LogP contribution in [0.4, 0.5) is 5.82 Å². The number of para-hydroxylation sites is 1. The van der Waals surface area contributed by atoms with E-state index in [9.17, 15) is 0 Å². The molecule has 0 aliphatic rings. The lowest BCUT2D eigenvalue weighted by Gasteiger charge is -2.09. The molecule has 0 fully saturated rings. The summed E-state index contributed by atoms with van der Waals surface area (Å²) in [5.74, 6) is 2.52. The number of hydrogen-bond acceptors (Lipinski definition) is 4. The van der Waals surface area contributed by atoms with Crippen molar-refractivity contribution in [3.05, 3.63) is 90.6 Å². The zero-order valence-corrected chi connectivity index (χ0v) is 17.4. The van der Waals surface area contributed by atoms with Crippen LogP contribution in [0.3, 0.4) is 0 Å². The third kappa shape index (κ3) is 3.84. The number of aromatic nitrogens is 2. The molecular formula is C25H21N3OS. The largest absolute Gasteiger partial charge is 0.457 e. The van der Waals surface area contributed by atoms with E-state index in [1.165, 1.54) is 15.7 Å². The Morgan fingerprint density at radius 2 is 1.73 bits per heavy atom. The van der Waals surface area contributed by atoms with E-state index >= 15 is 0 Å². The van der Waals surface area contributed by atoms with Crippen LogP contribution in [-0.2, 0) is 6.54 Å². The fourth-order valence-corrected chi connectivity index (χ4v) is 3.95. The predicted octanol–water partition coefficient (Wildman–Crippen LogP) is 6.84. The second-order valence-electron chi connectivity index (χ2n) is 7.06. The number of nitrogens with zero attached hydrogens (tertiary/aromatic N) is 1. The first-order valence-corrected chi connectivity index (χ1v) is 11.0. The summed E-state index contributed by atoms with van der Waals surface area (Å²) in [5, 5.41) is 5.81. The van der Waals surface area contributed by atoms with Crippen molar-refractivity contribution in [2.45, 2.75) is 11.4 Å². The summed E-state index contributed by atoms with van der Waals surface area (Å²) in [5.41, 5.74) is 3.31. The number of nitrogens with one attached hydrogen (secondary N) is 2. The normalized spacial score (nSPS) is 11.1. The average Bonchev–Trinajstić information content (AvgIpc) is 3.16. The van der Waals surface area contributed by atoms with Gasteiger partial charge in [0, 0.05) is 27.7 Å². The molecule has 0 bridgehead atoms. The Labute approximate surface area is 179 Å². The van der Waals surface area contributed by atoms with Gasteiger partial charge in [-0.1, -0.05) is 30.3 Å². The maximum atomic E-state index is 6.01. The van der Waals surface area contributed by atoms with Crippen molar-refractivity contribution < 1.29 is 4.74 Å². The number of aromatic amines is 1. The standard InChI is InChI=1S/C25H21N3OS/c1-30-20-11-9-18(10-12-20)29-19-6-4-5-17(13-19)15-26-25-14-22-21-7-2-3-8-23(21)28-24(22)16-27-25/h2-14,16,28H,15H2,1H3,(H,26,27). The first kappa shape index (κ1) is 18.6. The van der Waals surface area contributed by atoms with E-state index in [0.29, 0.717) is 6.54 Å². The van der Waals surface area contributed by atoms with Crippen LogP contribution in [0.15, 0.2) is 90.0 Å². The first-order chi connectivity index (χ1) is 14.8. The van der Waals surface area contributed by atoms with Gasteiger partial charge in [0.15, 0.2) is 0 Å². The quantitative estimate of drug-likeness (QED) is 0.300. The summed E-state index contributed by atoms with van der Waals surface area (Å²) >= 11 is 1.72. The molecule has 0 unspecified atom stereocenters. The lowest BCUT2D eigenvalue weighted by Crippen LogP contribution is -2.01. The highest BCUT2D eigenvalue weighted by Gasteiger charge is 2.06. The number of rotatable bonds is 6. The summed E-state index contributed by atoms with van der Waals surface area (Å²) in [4.78, 5) is 9.18. The fraction of sp³-hybridized carbons (Fsp3) is 0.0800. The van der Waals surface area contributed by atoms with E-state index in [1.807, 2.05) is 36.5 Å². The molecule has 0 aliphatic carbocycles. The van der Waals surface area contributed by atoms with Crippen LogP contribution in [0.1, 0.15) is 5.56 Å². The third-order valence-electron chi connectivity index (χ3n) is 5.06. The molecule has 0 atom stereocenters. The highest BCUT2D eigenvalue weighted by molar-refractivity contribution is 7.98. The summed E-state index contributed by atoms with van der Waals surface area (Å²) in [7, 11) is 0. The Balaban J connectivity index is 1.31. The molecule has 0 saturated heterocycles. The van der Waals surface area contributed by atoms with E-state index in [0.717, 1.165) is 33.9 Å². The molecule has 4 nitrogen and oxygen atoms in total. The molecule has 2 aromatic heterocycles. The molecule has 30 heavy (non-hydrogen) atoms. The van der Waals surface area contributed by atoms with Gasteiger partial charge >= 0.3 is 0 Å². The van der Waals surface area contributed by atoms with Gasteiger partial charge in [-0.15, -0.1) is 11.8 Å². The summed E-state index contributed by atoms with van der Waals surface area (Å²) in [6.45, 7) is 0.670. The molecule has 2 heterocycles. The molecule has 148 valence electrons. The Kier molecular flexibility index (Phi) is 5.03. The molecule has 0 amide bonds. The highest BCUT2D eigenvalue weighted by Crippen LogP contribution is 2.27. The van der Waals surface area contributed by atoms with Crippen molar-refractivity contribution in [3.8, 4) is 11.5 Å². The van der Waals surface area contributed by atoms with Crippen molar-refractivity contribution in [2.75, 3.05) is 11.6 Å². The molecule has 5 rings (SSSR count). The van der Waals surface area contributed by atoms with E-state index in [2.05, 4.69) is 70.1 Å². The molecular weight excluding hydrogens is 390 g/mol. The molecule has 2 N–H and O–H groups in total. The predicted molar refractivity (Wildman–Crippen MR) is 126 cm³/mol. The Bertz CT molecular complexity index is 1310. The molecule has 0 aliphatic heterocycles. The SMILES string of the molecule is CSc1ccc(Oc2cccc(CNc3cc4c(cn3)[nH]c3ccccc34)c2)cc1. The van der Waals surface area contributed by atoms with Crippen LogP contribution >= 0.6 is 11.8 Å². The number of hydrogen-bond donors (Lipinski definition) is 2. The number of thioether (sulfide) groups is 1. The number of benzene rings is 3. The minimum atomic E-state index is 0.670. The van der Waals surface area contributed by atoms with Gasteiger partial charge < -0.3 is 15.0 Å². The van der Waals surface area contributed by atoms with Gasteiger partial charge in [-0.2, -0.15) is 0 Å². The summed E-state index contributed by atoms with van der Waals surface area (Å²) < 4.78 is 6.01. The van der Waals surface area contributed by atoms with E-state index < -0.39 is 0 Å². The first-order valence-electron chi connectivity index (χ1n) is 9.80. The molecule has 5 heteroatoms. The third-order valence-corrected chi connectivity index (χ3v) is 5.80. The average molecular weight is 412 g/mol. The van der Waals surface area contributed by atoms with E-state index in [1.54, 1.807) is 11.8 Å². The Morgan fingerprint density at radius 1 is 0.867 bits per heavy atom. The van der Waals surface area contributed by atoms with Crippen LogP contribution < -0.4 is 10.1 Å². The zero-order valence-electron chi connectivity index (χ0n) is 16.6. The smallest absolute Gasteiger partial charge is 0.127 e. The van der Waals surface area contributed by atoms with Crippen molar-refractivity contribution in [1.82, 2.24) is 9.97 Å². The second-order valence-corrected chi connectivity index (χ2v) is 7.94. The fourth-order valence-electron chi connectivity index (χ4n) is 3.54. The Morgan fingerprint density at radius 3 is 2.60 bits per heavy atom. The minimum absolute atomic E-state index is 0.670. The van der Waals surface area contributed by atoms with Crippen molar-refractivity contribution in [3.63, 3.8) is 0 Å². The van der Waals surface area contributed by atoms with Crippen LogP contribution in [0.2, 0.25) is 0 Å². The molecule has 0 spiro atoms. The molecule has 0 radical (unpaired) electrons. The number of pyridine rings is 1. The monoisotopic (exact) mass is 411 g/mol. The summed E-state index contributed by atoms with van der Waals surface area (Å²) in [6, 6.07) is 26.7. The number of anilines is 1. The molecule has 0 saturated carbocycles. The van der Waals surface area contributed by atoms with Crippen molar-refractivity contribution in [1.29, 1.82) is 0 Å². The van der Waals surface area contributed by atoms with Gasteiger partial charge in [-0.05, 0) is 60.4 Å². The van der Waals surface area contributed by atoms with Gasteiger partial charge in [0.2, 0.25) is 0 Å². The number of H-pyrrole nitrogens is 1. The van der Waals surface area contributed by atoms with Crippen molar-refractivity contribution in [2.24, 2.45) is 0 Å². The maximum Gasteiger partial charge on any atom is 0.127 e. The van der Waals surface area contributed by atoms with Crippen LogP contribution in [0.5, 0.6) is 11.5 Å². The summed E-state index contributed by atoms with van der Waals surface area (Å²) in [6.07, 6.45) is 3.95. The Hall–Kier alpha value is -3.44. The zero-order chi connectivity index (χ0) is 20.3. The van der Waals surface area contributed by atoms with Gasteiger partial charge in [-0.3, -0.25) is 0 Å². The minimum Gasteiger partial charge on any atom is -0.457 e. The van der Waals surface area contributed by atoms with Gasteiger partial charge in [0.25, 0.3) is 0 Å². The number of fused-ring (bicyclic) bond motifs is 3. The lowest BCUT2D eigenvalue weighted by molar-refractivity contribution is 0.481. The van der Waals surface area contributed by atoms with Gasteiger partial charge in [0.1, 0.15) is 17.3 Å². The van der Waals surface area contributed by atoms with Crippen LogP contribution in [-0.4, -0.2) is 16.2 Å². The maximum absolute atomic E-state index is 6.01. The molecule has 5 aromatic rings. The van der Waals surface area contributed by atoms with Gasteiger partial charge in [-0.25, -0.2) is 4.98 Å². The van der Waals surface area contributed by atoms with Crippen LogP contribution in [0, 0.1) is 0 Å². The second kappa shape index (κ2) is 8.13. The lowest BCUT2D eigenvalue weighted by atomic mass is 10.2. The number of ether oxygens (including phenoxy) is 1. The van der Waals surface area contributed by atoms with Gasteiger partial charge in [0.05, 0.1) is 11.7 Å². The highest BCUT2D eigenvalue weighted by atomic mass is 32.2. The van der Waals surface area contributed by atoms with E-state index in [-0.39, 0.29) is 0 Å². The van der Waals surface area contributed by atoms with Crippen LogP contribution in [0.25, 0.3) is 21.8 Å². The van der Waals surface area contributed by atoms with E-state index in [4.69, 9.17) is 4.74 Å².